The summed E-state index contributed by atoms with van der Waals surface area (Å²) < 4.78 is 1.68. The van der Waals surface area contributed by atoms with Crippen LogP contribution >= 0.6 is 22.7 Å². The Balaban J connectivity index is 1.55. The van der Waals surface area contributed by atoms with Crippen molar-refractivity contribution in [2.24, 2.45) is 0 Å². The molecule has 2 atom stereocenters. The van der Waals surface area contributed by atoms with Crippen LogP contribution in [0.1, 0.15) is 32.7 Å². The van der Waals surface area contributed by atoms with E-state index in [9.17, 15) is 4.79 Å². The zero-order valence-corrected chi connectivity index (χ0v) is 16.6. The van der Waals surface area contributed by atoms with E-state index in [1.54, 1.807) is 10.5 Å². The molecular formula is C21H20N3OS2+. The van der Waals surface area contributed by atoms with Gasteiger partial charge < -0.3 is 4.90 Å². The van der Waals surface area contributed by atoms with Crippen LogP contribution in [0, 0.1) is 6.92 Å². The molecule has 0 saturated heterocycles. The van der Waals surface area contributed by atoms with Crippen molar-refractivity contribution in [2.75, 3.05) is 6.54 Å². The predicted octanol–water partition coefficient (Wildman–Crippen LogP) is 2.86. The highest BCUT2D eigenvalue weighted by atomic mass is 32.1. The van der Waals surface area contributed by atoms with Crippen molar-refractivity contribution in [3.8, 4) is 0 Å². The van der Waals surface area contributed by atoms with Crippen LogP contribution in [0.15, 0.2) is 58.0 Å². The molecule has 0 aliphatic carbocycles. The molecule has 4 nitrogen and oxygen atoms in total. The molecule has 5 heterocycles. The van der Waals surface area contributed by atoms with Crippen LogP contribution in [0.25, 0.3) is 5.65 Å². The van der Waals surface area contributed by atoms with E-state index >= 15 is 0 Å². The minimum atomic E-state index is 0.00778. The molecule has 1 unspecified atom stereocenters. The standard InChI is InChI=1S/C21H19N3OS2/c1-14-4-2-6-19-22-15(12-20(25)24(14)19)13-23-9-7-17-16(8-11-27-17)21(23)18-5-3-10-26-18/h2-6,8,10-12,21H,7,9,13H2,1H3/p+1/t21-/m0/s1. The predicted molar refractivity (Wildman–Crippen MR) is 110 cm³/mol. The lowest BCUT2D eigenvalue weighted by Gasteiger charge is -2.32. The van der Waals surface area contributed by atoms with Gasteiger partial charge in [-0.2, -0.15) is 0 Å². The van der Waals surface area contributed by atoms with E-state index in [4.69, 9.17) is 4.98 Å². The molecule has 136 valence electrons. The minimum absolute atomic E-state index is 0.00778. The SMILES string of the molecule is Cc1cccc2nc(C[NH+]3CCc4sccc4[C@H]3c3cccs3)cc(=O)n12. The van der Waals surface area contributed by atoms with Crippen molar-refractivity contribution < 1.29 is 4.90 Å². The Morgan fingerprint density at radius 3 is 2.96 bits per heavy atom. The van der Waals surface area contributed by atoms with Gasteiger partial charge in [-0.15, -0.1) is 22.7 Å². The number of thiophene rings is 2. The van der Waals surface area contributed by atoms with E-state index in [0.29, 0.717) is 6.04 Å². The first-order chi connectivity index (χ1) is 13.2. The van der Waals surface area contributed by atoms with Crippen LogP contribution in [0.2, 0.25) is 0 Å². The molecule has 1 aliphatic rings. The molecule has 1 N–H and O–H groups in total. The van der Waals surface area contributed by atoms with Gasteiger partial charge in [-0.25, -0.2) is 4.98 Å². The second-order valence-electron chi connectivity index (χ2n) is 7.03. The number of nitrogens with zero attached hydrogens (tertiary/aromatic N) is 2. The van der Waals surface area contributed by atoms with Gasteiger partial charge >= 0.3 is 0 Å². The zero-order valence-electron chi connectivity index (χ0n) is 15.0. The molecule has 4 aromatic heterocycles. The summed E-state index contributed by atoms with van der Waals surface area (Å²) in [7, 11) is 0. The first-order valence-corrected chi connectivity index (χ1v) is 10.9. The van der Waals surface area contributed by atoms with Gasteiger partial charge in [0.15, 0.2) is 0 Å². The van der Waals surface area contributed by atoms with Crippen molar-refractivity contribution in [1.82, 2.24) is 9.38 Å². The topological polar surface area (TPSA) is 38.8 Å². The number of hydrogen-bond donors (Lipinski definition) is 1. The summed E-state index contributed by atoms with van der Waals surface area (Å²) in [6, 6.07) is 14.5. The number of aromatic nitrogens is 2. The fraction of sp³-hybridized carbons (Fsp3) is 0.238. The Morgan fingerprint density at radius 1 is 1.19 bits per heavy atom. The quantitative estimate of drug-likeness (QED) is 0.580. The van der Waals surface area contributed by atoms with Gasteiger partial charge in [0.2, 0.25) is 0 Å². The first-order valence-electron chi connectivity index (χ1n) is 9.13. The molecule has 6 heteroatoms. The summed E-state index contributed by atoms with van der Waals surface area (Å²) in [6.45, 7) is 3.76. The maximum absolute atomic E-state index is 12.6. The van der Waals surface area contributed by atoms with Crippen LogP contribution in [-0.4, -0.2) is 15.9 Å². The molecule has 0 aromatic carbocycles. The zero-order chi connectivity index (χ0) is 18.4. The lowest BCUT2D eigenvalue weighted by Crippen LogP contribution is -3.12. The third kappa shape index (κ3) is 2.94. The van der Waals surface area contributed by atoms with Crippen molar-refractivity contribution in [3.63, 3.8) is 0 Å². The van der Waals surface area contributed by atoms with E-state index < -0.39 is 0 Å². The normalized spacial score (nSPS) is 19.3. The maximum Gasteiger partial charge on any atom is 0.258 e. The lowest BCUT2D eigenvalue weighted by atomic mass is 9.98. The van der Waals surface area contributed by atoms with Crippen LogP contribution in [0.5, 0.6) is 0 Å². The van der Waals surface area contributed by atoms with E-state index in [0.717, 1.165) is 36.5 Å². The highest BCUT2D eigenvalue weighted by Crippen LogP contribution is 2.31. The van der Waals surface area contributed by atoms with E-state index in [2.05, 4.69) is 29.0 Å². The molecule has 0 radical (unpaired) electrons. The summed E-state index contributed by atoms with van der Waals surface area (Å²) >= 11 is 3.68. The highest BCUT2D eigenvalue weighted by molar-refractivity contribution is 7.10. The van der Waals surface area contributed by atoms with Gasteiger partial charge in [0.25, 0.3) is 5.56 Å². The molecule has 0 spiro atoms. The van der Waals surface area contributed by atoms with E-state index in [1.165, 1.54) is 20.2 Å². The number of fused-ring (bicyclic) bond motifs is 2. The largest absolute Gasteiger partial charge is 0.319 e. The Hall–Kier alpha value is -2.28. The Labute approximate surface area is 165 Å². The molecule has 1 aliphatic heterocycles. The van der Waals surface area contributed by atoms with E-state index in [-0.39, 0.29) is 5.56 Å². The number of pyridine rings is 1. The fourth-order valence-corrected chi connectivity index (χ4v) is 5.96. The van der Waals surface area contributed by atoms with Gasteiger partial charge in [0.1, 0.15) is 23.9 Å². The molecule has 0 saturated carbocycles. The Bertz CT molecular complexity index is 1160. The van der Waals surface area contributed by atoms with Crippen LogP contribution in [-0.2, 0) is 13.0 Å². The smallest absolute Gasteiger partial charge is 0.258 e. The maximum atomic E-state index is 12.6. The second kappa shape index (κ2) is 6.71. The molecule has 5 rings (SSSR count). The summed E-state index contributed by atoms with van der Waals surface area (Å²) in [5.41, 5.74) is 3.98. The fourth-order valence-electron chi connectivity index (χ4n) is 4.14. The number of quaternary nitrogens is 1. The lowest BCUT2D eigenvalue weighted by molar-refractivity contribution is -0.941. The molecule has 0 bridgehead atoms. The Morgan fingerprint density at radius 2 is 2.11 bits per heavy atom. The Kier molecular flexibility index (Phi) is 4.19. The molecule has 0 fully saturated rings. The average molecular weight is 395 g/mol. The first kappa shape index (κ1) is 16.9. The number of aryl methyl sites for hydroxylation is 1. The van der Waals surface area contributed by atoms with Gasteiger partial charge in [-0.05, 0) is 41.9 Å². The molecule has 4 aromatic rings. The summed E-state index contributed by atoms with van der Waals surface area (Å²) in [5.74, 6) is 0. The third-order valence-electron chi connectivity index (χ3n) is 5.34. The molecule has 27 heavy (non-hydrogen) atoms. The van der Waals surface area contributed by atoms with Crippen LogP contribution < -0.4 is 10.5 Å². The molecule has 0 amide bonds. The molecular weight excluding hydrogens is 374 g/mol. The number of rotatable bonds is 3. The van der Waals surface area contributed by atoms with Gasteiger partial charge in [0, 0.05) is 28.6 Å². The van der Waals surface area contributed by atoms with Crippen molar-refractivity contribution >= 4 is 28.3 Å². The summed E-state index contributed by atoms with van der Waals surface area (Å²) in [4.78, 5) is 21.8. The van der Waals surface area contributed by atoms with Gasteiger partial charge in [-0.3, -0.25) is 9.20 Å². The summed E-state index contributed by atoms with van der Waals surface area (Å²) in [5, 5.41) is 4.36. The second-order valence-corrected chi connectivity index (χ2v) is 9.01. The van der Waals surface area contributed by atoms with Crippen LogP contribution in [0.4, 0.5) is 0 Å². The number of nitrogens with one attached hydrogen (secondary N) is 1. The summed E-state index contributed by atoms with van der Waals surface area (Å²) in [6.07, 6.45) is 1.09. The van der Waals surface area contributed by atoms with Crippen LogP contribution in [0.3, 0.4) is 0 Å². The average Bonchev–Trinajstić information content (AvgIpc) is 3.33. The third-order valence-corrected chi connectivity index (χ3v) is 7.28. The van der Waals surface area contributed by atoms with E-state index in [1.807, 2.05) is 47.8 Å². The van der Waals surface area contributed by atoms with Gasteiger partial charge in [0.05, 0.1) is 11.4 Å². The highest BCUT2D eigenvalue weighted by Gasteiger charge is 2.34. The van der Waals surface area contributed by atoms with Gasteiger partial charge in [-0.1, -0.05) is 12.1 Å². The van der Waals surface area contributed by atoms with Crippen molar-refractivity contribution in [3.05, 3.63) is 90.3 Å². The minimum Gasteiger partial charge on any atom is -0.319 e. The monoisotopic (exact) mass is 394 g/mol. The van der Waals surface area contributed by atoms with Crippen molar-refractivity contribution in [2.45, 2.75) is 25.9 Å². The van der Waals surface area contributed by atoms with Crippen molar-refractivity contribution in [1.29, 1.82) is 0 Å². The number of hydrogen-bond acceptors (Lipinski definition) is 4.